The maximum absolute atomic E-state index is 12.5. The molecule has 1 fully saturated rings. The molecule has 0 saturated carbocycles. The van der Waals surface area contributed by atoms with Crippen LogP contribution in [0.15, 0.2) is 28.9 Å². The average molecular weight is 412 g/mol. The van der Waals surface area contributed by atoms with E-state index in [9.17, 15) is 22.8 Å². The highest BCUT2D eigenvalue weighted by molar-refractivity contribution is 5.96. The van der Waals surface area contributed by atoms with Gasteiger partial charge < -0.3 is 20.9 Å². The Kier molecular flexibility index (Phi) is 5.89. The first-order chi connectivity index (χ1) is 13.7. The number of urea groups is 1. The molecule has 1 aromatic heterocycles. The lowest BCUT2D eigenvalue weighted by Gasteiger charge is -2.22. The SMILES string of the molecule is Nc1nonc1C(=O)N1CCCN(C(=O)Nc2ccc(CC(F)(F)F)cc2)CC1. The summed E-state index contributed by atoms with van der Waals surface area (Å²) in [6.45, 7) is 1.35. The number of nitrogens with zero attached hydrogens (tertiary/aromatic N) is 4. The summed E-state index contributed by atoms with van der Waals surface area (Å²) in [5.41, 5.74) is 5.97. The first-order valence-corrected chi connectivity index (χ1v) is 8.82. The van der Waals surface area contributed by atoms with E-state index in [4.69, 9.17) is 5.73 Å². The second-order valence-corrected chi connectivity index (χ2v) is 6.55. The molecule has 0 aliphatic carbocycles. The fourth-order valence-electron chi connectivity index (χ4n) is 2.96. The number of hydrogen-bond acceptors (Lipinski definition) is 6. The standard InChI is InChI=1S/C17H19F3N6O3/c18-17(19,20)10-11-2-4-12(5-3-11)22-16(28)26-7-1-6-25(8-9-26)15(27)13-14(21)24-29-23-13/h2-5H,1,6-10H2,(H2,21,24)(H,22,28). The van der Waals surface area contributed by atoms with Crippen molar-refractivity contribution in [2.45, 2.75) is 19.0 Å². The average Bonchev–Trinajstić information content (AvgIpc) is 2.93. The molecular weight excluding hydrogens is 393 g/mol. The molecule has 1 aliphatic rings. The van der Waals surface area contributed by atoms with Gasteiger partial charge in [0.05, 0.1) is 6.42 Å². The number of amides is 3. The summed E-state index contributed by atoms with van der Waals surface area (Å²) in [5.74, 6) is -0.519. The Balaban J connectivity index is 1.55. The molecule has 0 radical (unpaired) electrons. The zero-order chi connectivity index (χ0) is 21.0. The van der Waals surface area contributed by atoms with Crippen LogP contribution in [-0.4, -0.2) is 64.4 Å². The van der Waals surface area contributed by atoms with Crippen molar-refractivity contribution >= 4 is 23.4 Å². The Bertz CT molecular complexity index is 868. The molecule has 3 amide bonds. The van der Waals surface area contributed by atoms with E-state index in [1.807, 2.05) is 0 Å². The predicted octanol–water partition coefficient (Wildman–Crippen LogP) is 2.14. The number of nitrogen functional groups attached to an aromatic ring is 1. The zero-order valence-corrected chi connectivity index (χ0v) is 15.3. The molecule has 0 bridgehead atoms. The van der Waals surface area contributed by atoms with E-state index in [-0.39, 0.29) is 30.2 Å². The molecule has 1 saturated heterocycles. The van der Waals surface area contributed by atoms with Gasteiger partial charge in [0.15, 0.2) is 0 Å². The van der Waals surface area contributed by atoms with Crippen molar-refractivity contribution < 1.29 is 27.4 Å². The molecule has 0 atom stereocenters. The third-order valence-electron chi connectivity index (χ3n) is 4.40. The second kappa shape index (κ2) is 8.37. The van der Waals surface area contributed by atoms with E-state index in [0.717, 1.165) is 0 Å². The molecule has 2 aromatic rings. The Labute approximate surface area is 163 Å². The summed E-state index contributed by atoms with van der Waals surface area (Å²) in [7, 11) is 0. The van der Waals surface area contributed by atoms with Crippen molar-refractivity contribution in [2.75, 3.05) is 37.2 Å². The molecule has 0 unspecified atom stereocenters. The van der Waals surface area contributed by atoms with Gasteiger partial charge in [0, 0.05) is 31.9 Å². The Hall–Kier alpha value is -3.31. The minimum absolute atomic E-state index is 0.0677. The molecule has 3 rings (SSSR count). The molecule has 29 heavy (non-hydrogen) atoms. The number of carbonyl (C=O) groups excluding carboxylic acids is 2. The number of nitrogens with one attached hydrogen (secondary N) is 1. The van der Waals surface area contributed by atoms with Crippen LogP contribution in [0.25, 0.3) is 0 Å². The lowest BCUT2D eigenvalue weighted by Crippen LogP contribution is -2.39. The van der Waals surface area contributed by atoms with Crippen LogP contribution in [-0.2, 0) is 6.42 Å². The van der Waals surface area contributed by atoms with Crippen LogP contribution in [0.1, 0.15) is 22.5 Å². The van der Waals surface area contributed by atoms with Crippen LogP contribution < -0.4 is 11.1 Å². The topological polar surface area (TPSA) is 118 Å². The van der Waals surface area contributed by atoms with Gasteiger partial charge in [0.25, 0.3) is 5.91 Å². The van der Waals surface area contributed by atoms with Crippen molar-refractivity contribution in [1.29, 1.82) is 0 Å². The molecule has 0 spiro atoms. The van der Waals surface area contributed by atoms with Gasteiger partial charge in [-0.05, 0) is 34.4 Å². The summed E-state index contributed by atoms with van der Waals surface area (Å²) >= 11 is 0. The lowest BCUT2D eigenvalue weighted by molar-refractivity contribution is -0.127. The van der Waals surface area contributed by atoms with E-state index in [0.29, 0.717) is 25.2 Å². The fraction of sp³-hybridized carbons (Fsp3) is 0.412. The number of benzene rings is 1. The van der Waals surface area contributed by atoms with E-state index in [2.05, 4.69) is 20.3 Å². The monoisotopic (exact) mass is 412 g/mol. The van der Waals surface area contributed by atoms with Gasteiger partial charge in [-0.15, -0.1) is 0 Å². The summed E-state index contributed by atoms with van der Waals surface area (Å²) < 4.78 is 41.7. The summed E-state index contributed by atoms with van der Waals surface area (Å²) in [5, 5.41) is 9.53. The molecule has 9 nitrogen and oxygen atoms in total. The van der Waals surface area contributed by atoms with Crippen LogP contribution in [0.4, 0.5) is 29.5 Å². The number of halogens is 3. The Morgan fingerprint density at radius 3 is 2.34 bits per heavy atom. The molecule has 3 N–H and O–H groups in total. The molecule has 2 heterocycles. The van der Waals surface area contributed by atoms with Crippen LogP contribution in [0, 0.1) is 0 Å². The van der Waals surface area contributed by atoms with Crippen molar-refractivity contribution in [2.24, 2.45) is 0 Å². The van der Waals surface area contributed by atoms with Crippen LogP contribution in [0.2, 0.25) is 0 Å². The van der Waals surface area contributed by atoms with Crippen molar-refractivity contribution in [3.8, 4) is 0 Å². The van der Waals surface area contributed by atoms with Crippen molar-refractivity contribution in [1.82, 2.24) is 20.1 Å². The minimum Gasteiger partial charge on any atom is -0.379 e. The van der Waals surface area contributed by atoms with Gasteiger partial charge in [0.1, 0.15) is 0 Å². The van der Waals surface area contributed by atoms with Crippen molar-refractivity contribution in [3.63, 3.8) is 0 Å². The summed E-state index contributed by atoms with van der Waals surface area (Å²) in [6.07, 6.45) is -4.77. The van der Waals surface area contributed by atoms with Crippen LogP contribution in [0.5, 0.6) is 0 Å². The molecule has 156 valence electrons. The summed E-state index contributed by atoms with van der Waals surface area (Å²) in [4.78, 5) is 27.9. The maximum Gasteiger partial charge on any atom is 0.393 e. The first-order valence-electron chi connectivity index (χ1n) is 8.82. The van der Waals surface area contributed by atoms with Gasteiger partial charge in [-0.1, -0.05) is 12.1 Å². The molecule has 1 aromatic carbocycles. The highest BCUT2D eigenvalue weighted by Gasteiger charge is 2.28. The summed E-state index contributed by atoms with van der Waals surface area (Å²) in [6, 6.07) is 5.09. The highest BCUT2D eigenvalue weighted by Crippen LogP contribution is 2.22. The molecule has 12 heteroatoms. The molecule has 1 aliphatic heterocycles. The maximum atomic E-state index is 12.5. The highest BCUT2D eigenvalue weighted by atomic mass is 19.4. The number of hydrogen-bond donors (Lipinski definition) is 2. The second-order valence-electron chi connectivity index (χ2n) is 6.55. The van der Waals surface area contributed by atoms with Gasteiger partial charge in [-0.2, -0.15) is 13.2 Å². The van der Waals surface area contributed by atoms with Crippen LogP contribution in [0.3, 0.4) is 0 Å². The van der Waals surface area contributed by atoms with E-state index in [1.165, 1.54) is 34.1 Å². The normalized spacial score (nSPS) is 15.1. The van der Waals surface area contributed by atoms with E-state index in [1.54, 1.807) is 0 Å². The minimum atomic E-state index is -4.28. The van der Waals surface area contributed by atoms with Gasteiger partial charge in [0.2, 0.25) is 11.5 Å². The Morgan fingerprint density at radius 2 is 1.72 bits per heavy atom. The lowest BCUT2D eigenvalue weighted by atomic mass is 10.1. The van der Waals surface area contributed by atoms with Crippen molar-refractivity contribution in [3.05, 3.63) is 35.5 Å². The zero-order valence-electron chi connectivity index (χ0n) is 15.3. The Morgan fingerprint density at radius 1 is 1.07 bits per heavy atom. The third kappa shape index (κ3) is 5.36. The van der Waals surface area contributed by atoms with Gasteiger partial charge in [-0.25, -0.2) is 9.42 Å². The fourth-order valence-corrected chi connectivity index (χ4v) is 2.96. The number of rotatable bonds is 3. The predicted molar refractivity (Wildman–Crippen MR) is 96.0 cm³/mol. The number of carbonyl (C=O) groups is 2. The first kappa shape index (κ1) is 20.4. The smallest absolute Gasteiger partial charge is 0.379 e. The number of alkyl halides is 3. The van der Waals surface area contributed by atoms with Gasteiger partial charge in [-0.3, -0.25) is 4.79 Å². The van der Waals surface area contributed by atoms with Gasteiger partial charge >= 0.3 is 12.2 Å². The van der Waals surface area contributed by atoms with Crippen LogP contribution >= 0.6 is 0 Å². The third-order valence-corrected chi connectivity index (χ3v) is 4.40. The molecular formula is C17H19F3N6O3. The number of anilines is 2. The van der Waals surface area contributed by atoms with E-state index >= 15 is 0 Å². The number of aromatic nitrogens is 2. The quantitative estimate of drug-likeness (QED) is 0.798. The number of nitrogens with two attached hydrogens (primary N) is 1. The van der Waals surface area contributed by atoms with E-state index < -0.39 is 24.5 Å². The largest absolute Gasteiger partial charge is 0.393 e.